The molecule has 2 aliphatic heterocycles. The summed E-state index contributed by atoms with van der Waals surface area (Å²) in [4.78, 5) is 26.1. The molecule has 1 unspecified atom stereocenters. The first-order chi connectivity index (χ1) is 15.2. The quantitative estimate of drug-likeness (QED) is 0.745. The highest BCUT2D eigenvalue weighted by Gasteiger charge is 2.55. The Morgan fingerprint density at radius 3 is 2.45 bits per heavy atom. The molecular weight excluding hydrogens is 388 g/mol. The van der Waals surface area contributed by atoms with E-state index in [1.54, 1.807) is 19.4 Å². The van der Waals surface area contributed by atoms with E-state index in [1.807, 2.05) is 23.4 Å². The average Bonchev–Trinajstić information content (AvgIpc) is 2.84. The van der Waals surface area contributed by atoms with E-state index in [9.17, 15) is 4.79 Å². The van der Waals surface area contributed by atoms with Crippen molar-refractivity contribution in [3.05, 3.63) is 54.0 Å². The Labute approximate surface area is 184 Å². The van der Waals surface area contributed by atoms with Gasteiger partial charge in [0.1, 0.15) is 0 Å². The van der Waals surface area contributed by atoms with Crippen LogP contribution in [-0.2, 0) is 0 Å². The fraction of sp³-hybridized carbons (Fsp3) is 0.560. The Balaban J connectivity index is 1.26. The van der Waals surface area contributed by atoms with Gasteiger partial charge in [0.2, 0.25) is 5.88 Å². The topological polar surface area (TPSA) is 58.6 Å². The fourth-order valence-electron chi connectivity index (χ4n) is 6.11. The van der Waals surface area contributed by atoms with Gasteiger partial charge in [-0.05, 0) is 49.4 Å². The highest BCUT2D eigenvalue weighted by atomic mass is 16.5. The lowest BCUT2D eigenvalue weighted by Gasteiger charge is -2.63. The van der Waals surface area contributed by atoms with Gasteiger partial charge in [-0.15, -0.1) is 0 Å². The summed E-state index contributed by atoms with van der Waals surface area (Å²) in [5.74, 6) is 0.610. The molecule has 2 aromatic rings. The smallest absolute Gasteiger partial charge is 0.255 e. The Hall–Kier alpha value is -2.47. The Kier molecular flexibility index (Phi) is 5.65. The summed E-state index contributed by atoms with van der Waals surface area (Å²) in [6.45, 7) is 2.82. The highest BCUT2D eigenvalue weighted by Crippen LogP contribution is 2.58. The number of ether oxygens (including phenoxy) is 1. The van der Waals surface area contributed by atoms with Crippen molar-refractivity contribution in [3.8, 4) is 5.88 Å². The predicted molar refractivity (Wildman–Crippen MR) is 119 cm³/mol. The molecule has 1 spiro atoms. The molecule has 164 valence electrons. The van der Waals surface area contributed by atoms with Gasteiger partial charge < -0.3 is 9.64 Å². The largest absolute Gasteiger partial charge is 0.481 e. The number of piperidine rings is 1. The maximum atomic E-state index is 12.9. The summed E-state index contributed by atoms with van der Waals surface area (Å²) in [5, 5.41) is 0. The molecule has 1 atom stereocenters. The maximum Gasteiger partial charge on any atom is 0.255 e. The van der Waals surface area contributed by atoms with E-state index < -0.39 is 0 Å². The minimum absolute atomic E-state index is 0.0756. The molecular formula is C25H32N4O2. The van der Waals surface area contributed by atoms with Crippen LogP contribution < -0.4 is 4.74 Å². The zero-order valence-corrected chi connectivity index (χ0v) is 18.4. The first-order valence-electron chi connectivity index (χ1n) is 11.7. The van der Waals surface area contributed by atoms with Gasteiger partial charge in [0, 0.05) is 61.8 Å². The number of nitrogens with zero attached hydrogens (tertiary/aromatic N) is 4. The second kappa shape index (κ2) is 8.58. The van der Waals surface area contributed by atoms with Gasteiger partial charge in [-0.25, -0.2) is 4.98 Å². The number of carbonyl (C=O) groups excluding carboxylic acids is 1. The average molecular weight is 421 g/mol. The lowest BCUT2D eigenvalue weighted by Crippen LogP contribution is -2.63. The number of amides is 1. The summed E-state index contributed by atoms with van der Waals surface area (Å²) in [6.07, 6.45) is 14.4. The molecule has 0 N–H and O–H groups in total. The monoisotopic (exact) mass is 420 g/mol. The summed E-state index contributed by atoms with van der Waals surface area (Å²) < 4.78 is 5.10. The lowest BCUT2D eigenvalue weighted by atomic mass is 9.60. The first-order valence-corrected chi connectivity index (χ1v) is 11.7. The zero-order chi connectivity index (χ0) is 21.3. The van der Waals surface area contributed by atoms with Gasteiger partial charge in [-0.3, -0.25) is 14.7 Å². The molecule has 5 rings (SSSR count). The standard InChI is InChI=1S/C25H32N4O2/c1-31-22-6-5-20(17-27-22)24(30)28-15-9-21(10-16-28)29-18-25(11-3-2-4-12-25)23(29)19-7-13-26-14-8-19/h5-8,13-14,17,21,23H,2-4,9-12,15-16,18H2,1H3. The SMILES string of the molecule is COc1ccc(C(=O)N2CCC(N3CC4(CCCCC4)C3c3ccncc3)CC2)cn1. The van der Waals surface area contributed by atoms with Crippen molar-refractivity contribution in [2.75, 3.05) is 26.7 Å². The zero-order valence-electron chi connectivity index (χ0n) is 18.4. The molecule has 6 nitrogen and oxygen atoms in total. The van der Waals surface area contributed by atoms with Crippen LogP contribution in [0.2, 0.25) is 0 Å². The van der Waals surface area contributed by atoms with Crippen molar-refractivity contribution in [2.45, 2.75) is 57.0 Å². The molecule has 1 aliphatic carbocycles. The van der Waals surface area contributed by atoms with Gasteiger partial charge >= 0.3 is 0 Å². The van der Waals surface area contributed by atoms with E-state index in [0.717, 1.165) is 25.9 Å². The van der Waals surface area contributed by atoms with Gasteiger partial charge in [0.25, 0.3) is 5.91 Å². The molecule has 3 aliphatic rings. The number of rotatable bonds is 4. The summed E-state index contributed by atoms with van der Waals surface area (Å²) >= 11 is 0. The van der Waals surface area contributed by atoms with Crippen LogP contribution in [0.15, 0.2) is 42.9 Å². The second-order valence-electron chi connectivity index (χ2n) is 9.39. The highest BCUT2D eigenvalue weighted by molar-refractivity contribution is 5.94. The van der Waals surface area contributed by atoms with E-state index in [1.165, 1.54) is 44.2 Å². The third-order valence-electron chi connectivity index (χ3n) is 7.69. The summed E-state index contributed by atoms with van der Waals surface area (Å²) in [6, 6.07) is 9.04. The molecule has 0 bridgehead atoms. The number of likely N-dealkylation sites (tertiary alicyclic amines) is 2. The van der Waals surface area contributed by atoms with Crippen LogP contribution >= 0.6 is 0 Å². The second-order valence-corrected chi connectivity index (χ2v) is 9.39. The van der Waals surface area contributed by atoms with Crippen LogP contribution in [0.5, 0.6) is 5.88 Å². The van der Waals surface area contributed by atoms with Crippen molar-refractivity contribution < 1.29 is 9.53 Å². The van der Waals surface area contributed by atoms with E-state index in [4.69, 9.17) is 4.74 Å². The number of hydrogen-bond donors (Lipinski definition) is 0. The van der Waals surface area contributed by atoms with Crippen molar-refractivity contribution in [1.82, 2.24) is 19.8 Å². The van der Waals surface area contributed by atoms with Crippen LogP contribution in [0.3, 0.4) is 0 Å². The van der Waals surface area contributed by atoms with Crippen LogP contribution in [-0.4, -0.2) is 58.5 Å². The summed E-state index contributed by atoms with van der Waals surface area (Å²) in [7, 11) is 1.58. The van der Waals surface area contributed by atoms with Crippen molar-refractivity contribution in [2.24, 2.45) is 5.41 Å². The fourth-order valence-corrected chi connectivity index (χ4v) is 6.11. The molecule has 2 aromatic heterocycles. The third-order valence-corrected chi connectivity index (χ3v) is 7.69. The van der Waals surface area contributed by atoms with Gasteiger partial charge in [-0.1, -0.05) is 19.3 Å². The van der Waals surface area contributed by atoms with Crippen molar-refractivity contribution >= 4 is 5.91 Å². The Bertz CT molecular complexity index is 887. The summed E-state index contributed by atoms with van der Waals surface area (Å²) in [5.41, 5.74) is 2.51. The molecule has 1 amide bonds. The number of carbonyl (C=O) groups is 1. The molecule has 1 saturated carbocycles. The first kappa shape index (κ1) is 20.4. The van der Waals surface area contributed by atoms with E-state index >= 15 is 0 Å². The molecule has 2 saturated heterocycles. The molecule has 3 fully saturated rings. The number of pyridine rings is 2. The van der Waals surface area contributed by atoms with Crippen LogP contribution in [0.25, 0.3) is 0 Å². The normalized spacial score (nSPS) is 24.0. The molecule has 4 heterocycles. The molecule has 6 heteroatoms. The van der Waals surface area contributed by atoms with Crippen molar-refractivity contribution in [1.29, 1.82) is 0 Å². The Morgan fingerprint density at radius 2 is 1.81 bits per heavy atom. The molecule has 0 radical (unpaired) electrons. The van der Waals surface area contributed by atoms with Crippen LogP contribution in [0.1, 0.15) is 66.9 Å². The molecule has 0 aromatic carbocycles. The van der Waals surface area contributed by atoms with E-state index in [2.05, 4.69) is 27.0 Å². The van der Waals surface area contributed by atoms with E-state index in [0.29, 0.717) is 28.9 Å². The van der Waals surface area contributed by atoms with Gasteiger partial charge in [0.05, 0.1) is 12.7 Å². The minimum atomic E-state index is 0.0756. The maximum absolute atomic E-state index is 12.9. The number of aromatic nitrogens is 2. The number of methoxy groups -OCH3 is 1. The van der Waals surface area contributed by atoms with Gasteiger partial charge in [0.15, 0.2) is 0 Å². The van der Waals surface area contributed by atoms with Gasteiger partial charge in [-0.2, -0.15) is 0 Å². The molecule has 31 heavy (non-hydrogen) atoms. The lowest BCUT2D eigenvalue weighted by molar-refractivity contribution is -0.132. The van der Waals surface area contributed by atoms with Crippen molar-refractivity contribution in [3.63, 3.8) is 0 Å². The van der Waals surface area contributed by atoms with E-state index in [-0.39, 0.29) is 5.91 Å². The van der Waals surface area contributed by atoms with Crippen LogP contribution in [0, 0.1) is 5.41 Å². The predicted octanol–water partition coefficient (Wildman–Crippen LogP) is 4.10. The van der Waals surface area contributed by atoms with Crippen LogP contribution in [0.4, 0.5) is 0 Å². The third kappa shape index (κ3) is 3.82. The number of hydrogen-bond acceptors (Lipinski definition) is 5. The minimum Gasteiger partial charge on any atom is -0.481 e. The Morgan fingerprint density at radius 1 is 1.06 bits per heavy atom.